The van der Waals surface area contributed by atoms with Crippen molar-refractivity contribution in [3.05, 3.63) is 23.9 Å². The van der Waals surface area contributed by atoms with Crippen molar-refractivity contribution in [3.8, 4) is 0 Å². The van der Waals surface area contributed by atoms with Crippen LogP contribution in [0.3, 0.4) is 0 Å². The summed E-state index contributed by atoms with van der Waals surface area (Å²) >= 11 is 11.0. The van der Waals surface area contributed by atoms with E-state index in [0.29, 0.717) is 13.2 Å². The molecule has 0 radical (unpaired) electrons. The van der Waals surface area contributed by atoms with E-state index < -0.39 is 11.9 Å². The molecule has 0 rings (SSSR count). The van der Waals surface area contributed by atoms with Gasteiger partial charge in [-0.1, -0.05) is 36.5 Å². The molecule has 0 saturated carbocycles. The SMILES string of the molecule is CCCCOC(O)CO/C=C/COC(Cl)/C=C/Cl. The Balaban J connectivity index is 3.41. The van der Waals surface area contributed by atoms with E-state index in [0.717, 1.165) is 12.8 Å². The molecule has 0 saturated heterocycles. The molecule has 18 heavy (non-hydrogen) atoms. The summed E-state index contributed by atoms with van der Waals surface area (Å²) in [7, 11) is 0. The Bertz CT molecular complexity index is 234. The van der Waals surface area contributed by atoms with Gasteiger partial charge in [-0.15, -0.1) is 0 Å². The summed E-state index contributed by atoms with van der Waals surface area (Å²) in [6, 6.07) is 0. The monoisotopic (exact) mass is 298 g/mol. The van der Waals surface area contributed by atoms with Gasteiger partial charge in [-0.05, 0) is 18.6 Å². The molecule has 4 nitrogen and oxygen atoms in total. The molecular formula is C12H20Cl2O4. The van der Waals surface area contributed by atoms with Crippen molar-refractivity contribution >= 4 is 23.2 Å². The average molecular weight is 299 g/mol. The van der Waals surface area contributed by atoms with Gasteiger partial charge in [-0.3, -0.25) is 0 Å². The number of aliphatic hydroxyl groups is 1. The van der Waals surface area contributed by atoms with Crippen LogP contribution in [0.15, 0.2) is 23.9 Å². The van der Waals surface area contributed by atoms with Crippen LogP contribution in [0.4, 0.5) is 0 Å². The molecule has 2 unspecified atom stereocenters. The van der Waals surface area contributed by atoms with Crippen molar-refractivity contribution in [1.29, 1.82) is 0 Å². The maximum atomic E-state index is 9.33. The molecule has 0 aliphatic carbocycles. The first kappa shape index (κ1) is 17.7. The molecule has 0 aromatic carbocycles. The molecule has 0 aromatic heterocycles. The molecule has 0 spiro atoms. The lowest BCUT2D eigenvalue weighted by Gasteiger charge is -2.10. The molecule has 0 amide bonds. The number of alkyl halides is 1. The summed E-state index contributed by atoms with van der Waals surface area (Å²) in [5, 5.41) is 9.33. The lowest BCUT2D eigenvalue weighted by atomic mass is 10.4. The van der Waals surface area contributed by atoms with Crippen molar-refractivity contribution in [2.75, 3.05) is 19.8 Å². The van der Waals surface area contributed by atoms with Crippen molar-refractivity contribution < 1.29 is 19.3 Å². The number of hydrogen-bond acceptors (Lipinski definition) is 4. The summed E-state index contributed by atoms with van der Waals surface area (Å²) in [5.41, 5.74) is 0.733. The van der Waals surface area contributed by atoms with Crippen LogP contribution in [-0.4, -0.2) is 36.8 Å². The Hall–Kier alpha value is -0.260. The smallest absolute Gasteiger partial charge is 0.189 e. The number of rotatable bonds is 11. The Morgan fingerprint density at radius 2 is 2.11 bits per heavy atom. The highest BCUT2D eigenvalue weighted by Crippen LogP contribution is 2.01. The fourth-order valence-electron chi connectivity index (χ4n) is 0.917. The zero-order valence-electron chi connectivity index (χ0n) is 10.4. The summed E-state index contributed by atoms with van der Waals surface area (Å²) in [6.07, 6.45) is 5.62. The topological polar surface area (TPSA) is 47.9 Å². The van der Waals surface area contributed by atoms with E-state index in [-0.39, 0.29) is 6.61 Å². The first-order valence-electron chi connectivity index (χ1n) is 5.79. The number of hydrogen-bond donors (Lipinski definition) is 1. The van der Waals surface area contributed by atoms with Crippen LogP contribution >= 0.6 is 23.2 Å². The molecule has 106 valence electrons. The second kappa shape index (κ2) is 13.2. The van der Waals surface area contributed by atoms with Crippen LogP contribution in [0.25, 0.3) is 0 Å². The summed E-state index contributed by atoms with van der Waals surface area (Å²) < 4.78 is 15.2. The van der Waals surface area contributed by atoms with Crippen LogP contribution in [0.1, 0.15) is 19.8 Å². The van der Waals surface area contributed by atoms with Gasteiger partial charge in [0.25, 0.3) is 0 Å². The Labute approximate surface area is 118 Å². The van der Waals surface area contributed by atoms with Crippen LogP contribution in [0.2, 0.25) is 0 Å². The maximum Gasteiger partial charge on any atom is 0.189 e. The second-order valence-electron chi connectivity index (χ2n) is 3.39. The molecule has 0 heterocycles. The van der Waals surface area contributed by atoms with Gasteiger partial charge in [-0.2, -0.15) is 0 Å². The molecular weight excluding hydrogens is 279 g/mol. The minimum absolute atomic E-state index is 0.0894. The van der Waals surface area contributed by atoms with Gasteiger partial charge >= 0.3 is 0 Å². The first-order valence-corrected chi connectivity index (χ1v) is 6.66. The van der Waals surface area contributed by atoms with Crippen LogP contribution in [0, 0.1) is 0 Å². The first-order chi connectivity index (χ1) is 8.70. The molecule has 6 heteroatoms. The minimum Gasteiger partial charge on any atom is -0.496 e. The zero-order valence-corrected chi connectivity index (χ0v) is 11.9. The number of halogens is 2. The van der Waals surface area contributed by atoms with E-state index in [1.807, 2.05) is 0 Å². The largest absolute Gasteiger partial charge is 0.496 e. The minimum atomic E-state index is -0.901. The predicted octanol–water partition coefficient (Wildman–Crippen LogP) is 2.99. The molecule has 2 atom stereocenters. The molecule has 0 bridgehead atoms. The molecule has 0 aliphatic heterocycles. The Morgan fingerprint density at radius 3 is 2.78 bits per heavy atom. The van der Waals surface area contributed by atoms with Gasteiger partial charge < -0.3 is 19.3 Å². The van der Waals surface area contributed by atoms with Gasteiger partial charge in [0.15, 0.2) is 11.9 Å². The van der Waals surface area contributed by atoms with Crippen LogP contribution < -0.4 is 0 Å². The third-order valence-corrected chi connectivity index (χ3v) is 2.23. The van der Waals surface area contributed by atoms with Crippen molar-refractivity contribution in [3.63, 3.8) is 0 Å². The van der Waals surface area contributed by atoms with Gasteiger partial charge in [0.1, 0.15) is 6.61 Å². The summed E-state index contributed by atoms with van der Waals surface area (Å²) in [5.74, 6) is 0. The van der Waals surface area contributed by atoms with Crippen molar-refractivity contribution in [2.45, 2.75) is 31.6 Å². The fourth-order valence-corrected chi connectivity index (χ4v) is 1.27. The van der Waals surface area contributed by atoms with Gasteiger partial charge in [0, 0.05) is 12.1 Å². The normalized spacial score (nSPS) is 15.3. The van der Waals surface area contributed by atoms with E-state index in [1.165, 1.54) is 17.9 Å². The van der Waals surface area contributed by atoms with Gasteiger partial charge in [0.2, 0.25) is 0 Å². The molecule has 0 aliphatic rings. The van der Waals surface area contributed by atoms with Crippen molar-refractivity contribution in [2.24, 2.45) is 0 Å². The lowest BCUT2D eigenvalue weighted by Crippen LogP contribution is -2.18. The van der Waals surface area contributed by atoms with E-state index in [4.69, 9.17) is 37.4 Å². The predicted molar refractivity (Wildman–Crippen MR) is 72.5 cm³/mol. The molecule has 1 N–H and O–H groups in total. The zero-order chi connectivity index (χ0) is 13.6. The van der Waals surface area contributed by atoms with Crippen molar-refractivity contribution in [1.82, 2.24) is 0 Å². The quantitative estimate of drug-likeness (QED) is 0.276. The highest BCUT2D eigenvalue weighted by atomic mass is 35.5. The average Bonchev–Trinajstić information content (AvgIpc) is 2.34. The third-order valence-electron chi connectivity index (χ3n) is 1.82. The number of aliphatic hydroxyl groups excluding tert-OH is 1. The summed E-state index contributed by atoms with van der Waals surface area (Å²) in [4.78, 5) is 0. The highest BCUT2D eigenvalue weighted by Gasteiger charge is 2.02. The number of unbranched alkanes of at least 4 members (excludes halogenated alkanes) is 1. The Kier molecular flexibility index (Phi) is 13.0. The van der Waals surface area contributed by atoms with E-state index in [2.05, 4.69) is 6.92 Å². The third kappa shape index (κ3) is 12.2. The lowest BCUT2D eigenvalue weighted by molar-refractivity contribution is -0.126. The number of ether oxygens (including phenoxy) is 3. The van der Waals surface area contributed by atoms with Gasteiger partial charge in [-0.25, -0.2) is 0 Å². The van der Waals surface area contributed by atoms with E-state index in [1.54, 1.807) is 6.08 Å². The van der Waals surface area contributed by atoms with Gasteiger partial charge in [0.05, 0.1) is 12.9 Å². The highest BCUT2D eigenvalue weighted by molar-refractivity contribution is 6.26. The molecule has 0 fully saturated rings. The summed E-state index contributed by atoms with van der Waals surface area (Å²) in [6.45, 7) is 2.97. The molecule has 0 aromatic rings. The van der Waals surface area contributed by atoms with E-state index in [9.17, 15) is 5.11 Å². The Morgan fingerprint density at radius 1 is 1.33 bits per heavy atom. The van der Waals surface area contributed by atoms with Crippen LogP contribution in [0.5, 0.6) is 0 Å². The fraction of sp³-hybridized carbons (Fsp3) is 0.667. The standard InChI is InChI=1S/C12H20Cl2O4/c1-2-3-8-18-12(15)10-16-7-4-9-17-11(14)5-6-13/h4-7,11-12,15H,2-3,8-10H2,1H3/b6-5+,7-4+. The van der Waals surface area contributed by atoms with Crippen LogP contribution in [-0.2, 0) is 14.2 Å². The maximum absolute atomic E-state index is 9.33. The second-order valence-corrected chi connectivity index (χ2v) is 4.07. The van der Waals surface area contributed by atoms with E-state index >= 15 is 0 Å².